The van der Waals surface area contributed by atoms with Gasteiger partial charge in [-0.2, -0.15) is 5.26 Å². The number of ether oxygens (including phenoxy) is 2. The van der Waals surface area contributed by atoms with Crippen LogP contribution in [0.15, 0.2) is 54.6 Å². The topological polar surface area (TPSA) is 89.3 Å². The quantitative estimate of drug-likeness (QED) is 0.338. The van der Waals surface area contributed by atoms with Crippen molar-refractivity contribution in [3.8, 4) is 17.6 Å². The monoisotopic (exact) mass is 512 g/mol. The van der Waals surface area contributed by atoms with Crippen LogP contribution in [-0.2, 0) is 27.6 Å². The van der Waals surface area contributed by atoms with Gasteiger partial charge in [-0.3, -0.25) is 4.98 Å². The van der Waals surface area contributed by atoms with Crippen LogP contribution in [0.4, 0.5) is 0 Å². The summed E-state index contributed by atoms with van der Waals surface area (Å²) in [5, 5.41) is 10.0. The molecular formula is C27H29ClN2O4S. The van der Waals surface area contributed by atoms with Crippen LogP contribution in [0.5, 0.6) is 11.5 Å². The van der Waals surface area contributed by atoms with Crippen LogP contribution in [0.1, 0.15) is 55.3 Å². The lowest BCUT2D eigenvalue weighted by Crippen LogP contribution is -2.19. The Kier molecular flexibility index (Phi) is 8.42. The van der Waals surface area contributed by atoms with Gasteiger partial charge in [0.25, 0.3) is 0 Å². The van der Waals surface area contributed by atoms with Crippen molar-refractivity contribution in [3.05, 3.63) is 87.7 Å². The molecule has 0 spiro atoms. The Hall–Kier alpha value is -3.08. The molecule has 35 heavy (non-hydrogen) atoms. The van der Waals surface area contributed by atoms with Gasteiger partial charge in [-0.25, -0.2) is 8.42 Å². The van der Waals surface area contributed by atoms with E-state index in [1.807, 2.05) is 43.3 Å². The second-order valence-corrected chi connectivity index (χ2v) is 11.5. The Morgan fingerprint density at radius 3 is 2.34 bits per heavy atom. The summed E-state index contributed by atoms with van der Waals surface area (Å²) in [6, 6.07) is 18.9. The number of rotatable bonds is 10. The van der Waals surface area contributed by atoms with Gasteiger partial charge in [-0.1, -0.05) is 50.6 Å². The number of pyridine rings is 1. The molecule has 8 heteroatoms. The third-order valence-corrected chi connectivity index (χ3v) is 6.67. The van der Waals surface area contributed by atoms with Crippen LogP contribution >= 0.6 is 11.6 Å². The Bertz CT molecular complexity index is 1330. The maximum absolute atomic E-state index is 11.5. The molecule has 1 aromatic heterocycles. The molecule has 0 aliphatic heterocycles. The van der Waals surface area contributed by atoms with Gasteiger partial charge in [0, 0.05) is 11.7 Å². The normalized spacial score (nSPS) is 11.7. The molecule has 3 aromatic rings. The lowest BCUT2D eigenvalue weighted by molar-refractivity contribution is 0.301. The molecule has 0 saturated heterocycles. The van der Waals surface area contributed by atoms with E-state index in [1.165, 1.54) is 6.26 Å². The number of halogens is 1. The van der Waals surface area contributed by atoms with E-state index < -0.39 is 15.3 Å². The van der Waals surface area contributed by atoms with E-state index in [2.05, 4.69) is 24.9 Å². The van der Waals surface area contributed by atoms with Crippen molar-refractivity contribution in [3.63, 3.8) is 0 Å². The van der Waals surface area contributed by atoms with Gasteiger partial charge in [-0.15, -0.1) is 0 Å². The van der Waals surface area contributed by atoms with E-state index in [0.29, 0.717) is 40.1 Å². The average Bonchev–Trinajstić information content (AvgIpc) is 2.81. The fourth-order valence-corrected chi connectivity index (χ4v) is 4.61. The van der Waals surface area contributed by atoms with Crippen LogP contribution in [0.2, 0.25) is 5.02 Å². The first kappa shape index (κ1) is 26.5. The number of sulfone groups is 1. The van der Waals surface area contributed by atoms with Crippen LogP contribution in [0.25, 0.3) is 0 Å². The zero-order valence-electron chi connectivity index (χ0n) is 20.3. The first-order valence-electron chi connectivity index (χ1n) is 11.3. The minimum absolute atomic E-state index is 0.103. The van der Waals surface area contributed by atoms with Gasteiger partial charge in [0.15, 0.2) is 15.6 Å². The summed E-state index contributed by atoms with van der Waals surface area (Å²) in [6.45, 7) is 6.85. The molecular weight excluding hydrogens is 484 g/mol. The summed E-state index contributed by atoms with van der Waals surface area (Å²) in [7, 11) is -3.15. The largest absolute Gasteiger partial charge is 0.491 e. The molecule has 3 rings (SSSR count). The van der Waals surface area contributed by atoms with Crippen molar-refractivity contribution < 1.29 is 17.9 Å². The zero-order valence-corrected chi connectivity index (χ0v) is 21.9. The summed E-state index contributed by atoms with van der Waals surface area (Å²) in [4.78, 5) is 4.37. The van der Waals surface area contributed by atoms with Crippen molar-refractivity contribution in [1.82, 2.24) is 4.98 Å². The van der Waals surface area contributed by atoms with Crippen LogP contribution in [0.3, 0.4) is 0 Å². The lowest BCUT2D eigenvalue weighted by Gasteiger charge is -2.27. The molecule has 0 saturated carbocycles. The maximum atomic E-state index is 11.5. The Balaban J connectivity index is 1.75. The minimum atomic E-state index is -3.15. The summed E-state index contributed by atoms with van der Waals surface area (Å²) < 4.78 is 34.6. The average molecular weight is 513 g/mol. The van der Waals surface area contributed by atoms with Crippen molar-refractivity contribution in [1.29, 1.82) is 5.26 Å². The summed E-state index contributed by atoms with van der Waals surface area (Å²) in [5.41, 5.74) is 3.08. The lowest BCUT2D eigenvalue weighted by atomic mass is 9.77. The molecule has 0 fully saturated rings. The number of hydrogen-bond acceptors (Lipinski definition) is 6. The third-order valence-electron chi connectivity index (χ3n) is 5.57. The number of nitrogens with zero attached hydrogens (tertiary/aromatic N) is 2. The molecule has 0 aliphatic rings. The number of nitriles is 1. The summed E-state index contributed by atoms with van der Waals surface area (Å²) >= 11 is 6.48. The standard InChI is InChI=1S/C27H29ClN2O4S/c1-5-13-33-26-19(16-29)14-21(15-25(26)28)27(2,3)20-9-11-24(12-10-20)34-17-22-7-6-8-23(30-22)18-35(4,31)32/h6-12,14-15H,5,13,17-18H2,1-4H3. The molecule has 0 bridgehead atoms. The fraction of sp³-hybridized carbons (Fsp3) is 0.333. The van der Waals surface area contributed by atoms with Gasteiger partial charge < -0.3 is 9.47 Å². The second-order valence-electron chi connectivity index (χ2n) is 8.92. The Morgan fingerprint density at radius 2 is 1.71 bits per heavy atom. The number of hydrogen-bond donors (Lipinski definition) is 0. The van der Waals surface area contributed by atoms with E-state index >= 15 is 0 Å². The van der Waals surface area contributed by atoms with E-state index in [1.54, 1.807) is 18.2 Å². The third kappa shape index (κ3) is 6.97. The van der Waals surface area contributed by atoms with Crippen LogP contribution in [-0.4, -0.2) is 26.3 Å². The van der Waals surface area contributed by atoms with Gasteiger partial charge in [0.2, 0.25) is 0 Å². The van der Waals surface area contributed by atoms with Gasteiger partial charge in [0.1, 0.15) is 18.4 Å². The fourth-order valence-electron chi connectivity index (χ4n) is 3.64. The molecule has 0 aliphatic carbocycles. The second kappa shape index (κ2) is 11.1. The number of benzene rings is 2. The highest BCUT2D eigenvalue weighted by atomic mass is 35.5. The Morgan fingerprint density at radius 1 is 1.03 bits per heavy atom. The molecule has 0 radical (unpaired) electrons. The van der Waals surface area contributed by atoms with Gasteiger partial charge >= 0.3 is 0 Å². The molecule has 184 valence electrons. The predicted octanol–water partition coefficient (Wildman–Crippen LogP) is 5.84. The molecule has 0 amide bonds. The van der Waals surface area contributed by atoms with Gasteiger partial charge in [-0.05, 0) is 53.9 Å². The SMILES string of the molecule is CCCOc1c(Cl)cc(C(C)(C)c2ccc(OCc3cccc(CS(C)(=O)=O)n3)cc2)cc1C#N. The minimum Gasteiger partial charge on any atom is -0.491 e. The molecule has 1 heterocycles. The highest BCUT2D eigenvalue weighted by Gasteiger charge is 2.26. The van der Waals surface area contributed by atoms with Crippen molar-refractivity contribution in [2.45, 2.75) is 45.0 Å². The maximum Gasteiger partial charge on any atom is 0.155 e. The van der Waals surface area contributed by atoms with Crippen molar-refractivity contribution >= 4 is 21.4 Å². The first-order chi connectivity index (χ1) is 16.5. The zero-order chi connectivity index (χ0) is 25.6. The molecule has 0 unspecified atom stereocenters. The highest BCUT2D eigenvalue weighted by molar-refractivity contribution is 7.89. The molecule has 0 N–H and O–H groups in total. The predicted molar refractivity (Wildman–Crippen MR) is 138 cm³/mol. The highest BCUT2D eigenvalue weighted by Crippen LogP contribution is 2.38. The molecule has 0 atom stereocenters. The van der Waals surface area contributed by atoms with Crippen molar-refractivity contribution in [2.24, 2.45) is 0 Å². The Labute approximate surface area is 212 Å². The summed E-state index contributed by atoms with van der Waals surface area (Å²) in [6.07, 6.45) is 2.01. The van der Waals surface area contributed by atoms with Crippen molar-refractivity contribution in [2.75, 3.05) is 12.9 Å². The number of aromatic nitrogens is 1. The van der Waals surface area contributed by atoms with E-state index in [0.717, 1.165) is 17.5 Å². The van der Waals surface area contributed by atoms with Crippen LogP contribution < -0.4 is 9.47 Å². The smallest absolute Gasteiger partial charge is 0.155 e. The van der Waals surface area contributed by atoms with Crippen LogP contribution in [0, 0.1) is 11.3 Å². The molecule has 2 aromatic carbocycles. The van der Waals surface area contributed by atoms with E-state index in [4.69, 9.17) is 21.1 Å². The first-order valence-corrected chi connectivity index (χ1v) is 13.7. The van der Waals surface area contributed by atoms with E-state index in [9.17, 15) is 13.7 Å². The summed E-state index contributed by atoms with van der Waals surface area (Å²) in [5.74, 6) is 0.987. The van der Waals surface area contributed by atoms with Gasteiger partial charge in [0.05, 0.1) is 34.3 Å². The van der Waals surface area contributed by atoms with E-state index in [-0.39, 0.29) is 12.4 Å². The molecule has 6 nitrogen and oxygen atoms in total.